The Labute approximate surface area is 195 Å². The summed E-state index contributed by atoms with van der Waals surface area (Å²) in [6.45, 7) is 4.85. The van der Waals surface area contributed by atoms with Crippen LogP contribution in [0.25, 0.3) is 5.78 Å². The lowest BCUT2D eigenvalue weighted by Crippen LogP contribution is -2.22. The number of methoxy groups -OCH3 is 1. The van der Waals surface area contributed by atoms with Gasteiger partial charge in [-0.15, -0.1) is 11.8 Å². The van der Waals surface area contributed by atoms with Gasteiger partial charge in [-0.3, -0.25) is 14.3 Å². The van der Waals surface area contributed by atoms with Gasteiger partial charge in [0.2, 0.25) is 0 Å². The highest BCUT2D eigenvalue weighted by atomic mass is 32.2. The van der Waals surface area contributed by atoms with Crippen molar-refractivity contribution in [2.24, 2.45) is 5.92 Å². The smallest absolute Gasteiger partial charge is 0.274 e. The second-order valence-electron chi connectivity index (χ2n) is 7.90. The van der Waals surface area contributed by atoms with E-state index in [0.717, 1.165) is 4.90 Å². The van der Waals surface area contributed by atoms with Crippen molar-refractivity contribution < 1.29 is 9.53 Å². The van der Waals surface area contributed by atoms with Crippen LogP contribution >= 0.6 is 11.8 Å². The van der Waals surface area contributed by atoms with Crippen molar-refractivity contribution in [2.75, 3.05) is 12.4 Å². The van der Waals surface area contributed by atoms with Crippen molar-refractivity contribution in [2.45, 2.75) is 31.0 Å². The minimum atomic E-state index is -0.256. The molecule has 0 aliphatic carbocycles. The monoisotopic (exact) mass is 463 g/mol. The van der Waals surface area contributed by atoms with Crippen LogP contribution in [-0.2, 0) is 12.3 Å². The maximum absolute atomic E-state index is 12.8. The van der Waals surface area contributed by atoms with E-state index in [0.29, 0.717) is 46.7 Å². The standard InChI is InChI=1S/C24H25N5O3S/c1-16(2)13-28-15-25-24-26-17(12-22(30)29(24)28)14-33-21-11-7-5-9-19(21)27-23(31)18-8-4-6-10-20(18)32-3/h4-12,15-16H,13-14H2,1-3H3,(H,27,31). The van der Waals surface area contributed by atoms with Crippen LogP contribution in [0.15, 0.2) is 70.6 Å². The lowest BCUT2D eigenvalue weighted by molar-refractivity contribution is 0.102. The van der Waals surface area contributed by atoms with Crippen molar-refractivity contribution in [3.63, 3.8) is 0 Å². The summed E-state index contributed by atoms with van der Waals surface area (Å²) in [7, 11) is 1.54. The fourth-order valence-corrected chi connectivity index (χ4v) is 4.35. The number of benzene rings is 2. The molecule has 4 aromatic rings. The van der Waals surface area contributed by atoms with E-state index in [1.807, 2.05) is 30.3 Å². The summed E-state index contributed by atoms with van der Waals surface area (Å²) in [5.74, 6) is 1.48. The van der Waals surface area contributed by atoms with Crippen LogP contribution < -0.4 is 15.6 Å². The molecule has 0 saturated heterocycles. The van der Waals surface area contributed by atoms with Gasteiger partial charge in [-0.1, -0.05) is 38.1 Å². The van der Waals surface area contributed by atoms with Gasteiger partial charge >= 0.3 is 0 Å². The van der Waals surface area contributed by atoms with Gasteiger partial charge in [-0.2, -0.15) is 9.50 Å². The number of rotatable bonds is 8. The molecule has 8 nitrogen and oxygen atoms in total. The second kappa shape index (κ2) is 9.91. The zero-order chi connectivity index (χ0) is 23.4. The Balaban J connectivity index is 1.52. The van der Waals surface area contributed by atoms with E-state index in [2.05, 4.69) is 29.1 Å². The maximum atomic E-state index is 12.8. The Bertz CT molecular complexity index is 1350. The molecular formula is C24H25N5O3S. The second-order valence-corrected chi connectivity index (χ2v) is 8.91. The summed E-state index contributed by atoms with van der Waals surface area (Å²) >= 11 is 1.49. The Hall–Kier alpha value is -3.59. The SMILES string of the molecule is COc1ccccc1C(=O)Nc1ccccc1SCc1cc(=O)n2c(ncn2CC(C)C)n1. The zero-order valence-electron chi connectivity index (χ0n) is 18.7. The molecule has 0 spiro atoms. The van der Waals surface area contributed by atoms with E-state index in [4.69, 9.17) is 4.74 Å². The number of anilines is 1. The van der Waals surface area contributed by atoms with Gasteiger partial charge in [0.05, 0.1) is 24.1 Å². The summed E-state index contributed by atoms with van der Waals surface area (Å²) in [4.78, 5) is 35.2. The molecule has 2 aromatic carbocycles. The van der Waals surface area contributed by atoms with E-state index in [9.17, 15) is 9.59 Å². The first-order chi connectivity index (χ1) is 16.0. The first-order valence-corrected chi connectivity index (χ1v) is 11.5. The number of amides is 1. The first-order valence-electron chi connectivity index (χ1n) is 10.6. The van der Waals surface area contributed by atoms with Crippen LogP contribution in [0.3, 0.4) is 0 Å². The topological polar surface area (TPSA) is 90.5 Å². The van der Waals surface area contributed by atoms with Gasteiger partial charge < -0.3 is 10.1 Å². The van der Waals surface area contributed by atoms with Crippen molar-refractivity contribution in [1.82, 2.24) is 19.2 Å². The minimum Gasteiger partial charge on any atom is -0.496 e. The van der Waals surface area contributed by atoms with Crippen LogP contribution in [0.5, 0.6) is 5.75 Å². The third-order valence-electron chi connectivity index (χ3n) is 4.91. The lowest BCUT2D eigenvalue weighted by atomic mass is 10.2. The molecule has 33 heavy (non-hydrogen) atoms. The Kier molecular flexibility index (Phi) is 6.79. The Morgan fingerprint density at radius 2 is 1.91 bits per heavy atom. The molecule has 0 radical (unpaired) electrons. The minimum absolute atomic E-state index is 0.161. The highest BCUT2D eigenvalue weighted by molar-refractivity contribution is 7.98. The van der Waals surface area contributed by atoms with Crippen molar-refractivity contribution >= 4 is 29.1 Å². The maximum Gasteiger partial charge on any atom is 0.274 e. The molecule has 0 unspecified atom stereocenters. The van der Waals surface area contributed by atoms with Crippen LogP contribution in [-0.4, -0.2) is 32.2 Å². The molecule has 0 atom stereocenters. The fraction of sp³-hybridized carbons (Fsp3) is 0.250. The quantitative estimate of drug-likeness (QED) is 0.396. The van der Waals surface area contributed by atoms with Gasteiger partial charge in [0.15, 0.2) is 0 Å². The number of thioether (sulfide) groups is 1. The molecule has 0 aliphatic heterocycles. The van der Waals surface area contributed by atoms with E-state index in [-0.39, 0.29) is 11.5 Å². The number of hydrogen-bond acceptors (Lipinski definition) is 6. The molecule has 4 rings (SSSR count). The Morgan fingerprint density at radius 3 is 2.70 bits per heavy atom. The number of hydrogen-bond donors (Lipinski definition) is 1. The molecule has 9 heteroatoms. The first kappa shape index (κ1) is 22.6. The van der Waals surface area contributed by atoms with Crippen LogP contribution in [0, 0.1) is 5.92 Å². The molecule has 1 amide bonds. The number of nitrogens with one attached hydrogen (secondary N) is 1. The number of para-hydroxylation sites is 2. The predicted molar refractivity (Wildman–Crippen MR) is 129 cm³/mol. The summed E-state index contributed by atoms with van der Waals surface area (Å²) in [6.07, 6.45) is 1.64. The lowest BCUT2D eigenvalue weighted by Gasteiger charge is -2.12. The van der Waals surface area contributed by atoms with Gasteiger partial charge in [-0.05, 0) is 30.2 Å². The largest absolute Gasteiger partial charge is 0.496 e. The van der Waals surface area contributed by atoms with E-state index in [1.54, 1.807) is 29.2 Å². The van der Waals surface area contributed by atoms with Gasteiger partial charge in [-0.25, -0.2) is 4.98 Å². The summed E-state index contributed by atoms with van der Waals surface area (Å²) in [6, 6.07) is 16.1. The average Bonchev–Trinajstić information content (AvgIpc) is 3.20. The van der Waals surface area contributed by atoms with Crippen LogP contribution in [0.2, 0.25) is 0 Å². The highest BCUT2D eigenvalue weighted by Gasteiger charge is 2.14. The Morgan fingerprint density at radius 1 is 1.15 bits per heavy atom. The fourth-order valence-electron chi connectivity index (χ4n) is 3.45. The highest BCUT2D eigenvalue weighted by Crippen LogP contribution is 2.30. The third kappa shape index (κ3) is 5.09. The molecule has 2 aromatic heterocycles. The molecule has 0 bridgehead atoms. The third-order valence-corrected chi connectivity index (χ3v) is 6.02. The van der Waals surface area contributed by atoms with Gasteiger partial charge in [0.25, 0.3) is 17.2 Å². The van der Waals surface area contributed by atoms with E-state index >= 15 is 0 Å². The molecule has 1 N–H and O–H groups in total. The van der Waals surface area contributed by atoms with Crippen molar-refractivity contribution in [3.05, 3.63) is 82.5 Å². The van der Waals surface area contributed by atoms with Crippen LogP contribution in [0.1, 0.15) is 29.9 Å². The van der Waals surface area contributed by atoms with E-state index < -0.39 is 0 Å². The van der Waals surface area contributed by atoms with Crippen molar-refractivity contribution in [3.8, 4) is 5.75 Å². The number of aromatic nitrogens is 4. The molecule has 0 fully saturated rings. The van der Waals surface area contributed by atoms with Crippen LogP contribution in [0.4, 0.5) is 5.69 Å². The van der Waals surface area contributed by atoms with Gasteiger partial charge in [0, 0.05) is 23.3 Å². The zero-order valence-corrected chi connectivity index (χ0v) is 19.5. The number of ether oxygens (including phenoxy) is 1. The predicted octanol–water partition coefficient (Wildman–Crippen LogP) is 4.10. The van der Waals surface area contributed by atoms with Crippen molar-refractivity contribution in [1.29, 1.82) is 0 Å². The number of fused-ring (bicyclic) bond motifs is 1. The summed E-state index contributed by atoms with van der Waals surface area (Å²) in [5.41, 5.74) is 1.60. The normalized spacial score (nSPS) is 11.2. The number of carbonyl (C=O) groups excluding carboxylic acids is 1. The van der Waals surface area contributed by atoms with Gasteiger partial charge in [0.1, 0.15) is 12.1 Å². The molecule has 2 heterocycles. The number of carbonyl (C=O) groups is 1. The summed E-state index contributed by atoms with van der Waals surface area (Å²) < 4.78 is 8.58. The molecular weight excluding hydrogens is 438 g/mol. The average molecular weight is 464 g/mol. The molecule has 170 valence electrons. The molecule has 0 aliphatic rings. The summed E-state index contributed by atoms with van der Waals surface area (Å²) in [5, 5.41) is 2.96. The molecule has 0 saturated carbocycles. The number of nitrogens with zero attached hydrogens (tertiary/aromatic N) is 4. The van der Waals surface area contributed by atoms with E-state index in [1.165, 1.54) is 29.5 Å².